The topological polar surface area (TPSA) is 17.1 Å². The highest BCUT2D eigenvalue weighted by Crippen LogP contribution is 2.22. The molecule has 0 aromatic carbocycles. The van der Waals surface area contributed by atoms with Crippen LogP contribution in [0.1, 0.15) is 33.6 Å². The monoisotopic (exact) mass is 186 g/mol. The lowest BCUT2D eigenvalue weighted by Gasteiger charge is -2.06. The number of halogens is 1. The van der Waals surface area contributed by atoms with Crippen LogP contribution in [-0.4, -0.2) is 5.78 Å². The number of carbonyl (C=O) groups excluding carboxylic acids is 1. The van der Waals surface area contributed by atoms with Crippen molar-refractivity contribution in [2.45, 2.75) is 33.6 Å². The van der Waals surface area contributed by atoms with Crippen LogP contribution in [0, 0.1) is 0 Å². The maximum absolute atomic E-state index is 10.8. The van der Waals surface area contributed by atoms with Crippen LogP contribution in [0.5, 0.6) is 0 Å². The van der Waals surface area contributed by atoms with E-state index in [9.17, 15) is 4.79 Å². The van der Waals surface area contributed by atoms with Crippen molar-refractivity contribution >= 4 is 17.4 Å². The van der Waals surface area contributed by atoms with Gasteiger partial charge in [0.25, 0.3) is 0 Å². The molecule has 12 heavy (non-hydrogen) atoms. The molecule has 0 rings (SSSR count). The van der Waals surface area contributed by atoms with Gasteiger partial charge in [-0.1, -0.05) is 30.7 Å². The molecule has 0 radical (unpaired) electrons. The molecule has 0 aromatic heterocycles. The van der Waals surface area contributed by atoms with Crippen molar-refractivity contribution in [3.05, 3.63) is 22.8 Å². The van der Waals surface area contributed by atoms with Gasteiger partial charge >= 0.3 is 0 Å². The van der Waals surface area contributed by atoms with E-state index >= 15 is 0 Å². The van der Waals surface area contributed by atoms with Crippen LogP contribution in [0.15, 0.2) is 22.8 Å². The van der Waals surface area contributed by atoms with Crippen molar-refractivity contribution < 1.29 is 4.79 Å². The number of rotatable bonds is 4. The van der Waals surface area contributed by atoms with E-state index in [2.05, 4.69) is 6.58 Å². The second kappa shape index (κ2) is 5.15. The molecule has 0 heterocycles. The van der Waals surface area contributed by atoms with Gasteiger partial charge in [0.05, 0.1) is 0 Å². The fraction of sp³-hybridized carbons (Fsp3) is 0.500. The molecular formula is C10H15ClO. The zero-order valence-corrected chi connectivity index (χ0v) is 8.66. The molecule has 68 valence electrons. The van der Waals surface area contributed by atoms with Crippen LogP contribution in [0.3, 0.4) is 0 Å². The van der Waals surface area contributed by atoms with Crippen molar-refractivity contribution in [2.24, 2.45) is 0 Å². The predicted octanol–water partition coefficient (Wildman–Crippen LogP) is 3.44. The molecule has 2 heteroatoms. The summed E-state index contributed by atoms with van der Waals surface area (Å²) in [7, 11) is 0. The summed E-state index contributed by atoms with van der Waals surface area (Å²) in [5.41, 5.74) is 1.78. The molecule has 0 fully saturated rings. The van der Waals surface area contributed by atoms with Gasteiger partial charge in [0.15, 0.2) is 0 Å². The number of allylic oxidation sites excluding steroid dienone is 3. The van der Waals surface area contributed by atoms with Crippen molar-refractivity contribution in [1.29, 1.82) is 0 Å². The van der Waals surface area contributed by atoms with Gasteiger partial charge in [-0.2, -0.15) is 0 Å². The Kier molecular flexibility index (Phi) is 4.91. The SMILES string of the molecule is C=C(C)/C(CC(C)=O)=C(/Cl)CC. The Hall–Kier alpha value is -0.560. The van der Waals surface area contributed by atoms with Crippen molar-refractivity contribution in [1.82, 2.24) is 0 Å². The fourth-order valence-electron chi connectivity index (χ4n) is 0.941. The second-order valence-electron chi connectivity index (χ2n) is 2.90. The predicted molar refractivity (Wildman–Crippen MR) is 53.3 cm³/mol. The first-order valence-electron chi connectivity index (χ1n) is 4.01. The van der Waals surface area contributed by atoms with E-state index in [1.165, 1.54) is 0 Å². The Morgan fingerprint density at radius 1 is 1.42 bits per heavy atom. The first kappa shape index (κ1) is 11.4. The maximum atomic E-state index is 10.8. The number of Topliss-reactive ketones (excluding diaryl/α,β-unsaturated/α-hetero) is 1. The summed E-state index contributed by atoms with van der Waals surface area (Å²) in [4.78, 5) is 10.8. The van der Waals surface area contributed by atoms with Crippen LogP contribution in [0.4, 0.5) is 0 Å². The normalized spacial score (nSPS) is 12.3. The molecule has 0 N–H and O–H groups in total. The van der Waals surface area contributed by atoms with Crippen molar-refractivity contribution in [3.63, 3.8) is 0 Å². The average molecular weight is 187 g/mol. The number of hydrogen-bond donors (Lipinski definition) is 0. The molecular weight excluding hydrogens is 172 g/mol. The zero-order chi connectivity index (χ0) is 9.72. The third-order valence-electron chi connectivity index (χ3n) is 1.58. The third-order valence-corrected chi connectivity index (χ3v) is 2.07. The standard InChI is InChI=1S/C10H15ClO/c1-5-10(11)9(7(2)3)6-8(4)12/h2,5-6H2,1,3-4H3/b10-9+. The molecule has 0 bridgehead atoms. The van der Waals surface area contributed by atoms with Gasteiger partial charge < -0.3 is 0 Å². The highest BCUT2D eigenvalue weighted by Gasteiger charge is 2.06. The number of carbonyl (C=O) groups is 1. The summed E-state index contributed by atoms with van der Waals surface area (Å²) in [6, 6.07) is 0. The highest BCUT2D eigenvalue weighted by atomic mass is 35.5. The van der Waals surface area contributed by atoms with E-state index in [0.29, 0.717) is 6.42 Å². The minimum atomic E-state index is 0.125. The average Bonchev–Trinajstić information content (AvgIpc) is 1.98. The highest BCUT2D eigenvalue weighted by molar-refractivity contribution is 6.30. The minimum Gasteiger partial charge on any atom is -0.300 e. The fourth-order valence-corrected chi connectivity index (χ4v) is 1.17. The summed E-state index contributed by atoms with van der Waals surface area (Å²) < 4.78 is 0. The van der Waals surface area contributed by atoms with Crippen LogP contribution in [0.2, 0.25) is 0 Å². The first-order valence-corrected chi connectivity index (χ1v) is 4.39. The van der Waals surface area contributed by atoms with Crippen molar-refractivity contribution in [3.8, 4) is 0 Å². The van der Waals surface area contributed by atoms with Crippen LogP contribution in [0.25, 0.3) is 0 Å². The van der Waals surface area contributed by atoms with E-state index in [0.717, 1.165) is 22.6 Å². The quantitative estimate of drug-likeness (QED) is 0.615. The number of hydrogen-bond acceptors (Lipinski definition) is 1. The second-order valence-corrected chi connectivity index (χ2v) is 3.35. The maximum Gasteiger partial charge on any atom is 0.134 e. The van der Waals surface area contributed by atoms with E-state index in [1.807, 2.05) is 13.8 Å². The molecule has 0 aliphatic heterocycles. The molecule has 0 unspecified atom stereocenters. The van der Waals surface area contributed by atoms with Gasteiger partial charge in [0.1, 0.15) is 5.78 Å². The molecule has 0 aromatic rings. The Morgan fingerprint density at radius 2 is 1.92 bits per heavy atom. The Bertz CT molecular complexity index is 226. The molecule has 0 aliphatic rings. The summed E-state index contributed by atoms with van der Waals surface area (Å²) >= 11 is 5.94. The largest absolute Gasteiger partial charge is 0.300 e. The van der Waals surface area contributed by atoms with Crippen LogP contribution in [-0.2, 0) is 4.79 Å². The Morgan fingerprint density at radius 3 is 2.17 bits per heavy atom. The van der Waals surface area contributed by atoms with Crippen molar-refractivity contribution in [2.75, 3.05) is 0 Å². The molecule has 0 spiro atoms. The van der Waals surface area contributed by atoms with Crippen LogP contribution < -0.4 is 0 Å². The zero-order valence-electron chi connectivity index (χ0n) is 7.91. The van der Waals surface area contributed by atoms with E-state index in [4.69, 9.17) is 11.6 Å². The lowest BCUT2D eigenvalue weighted by molar-refractivity contribution is -0.116. The van der Waals surface area contributed by atoms with Gasteiger partial charge in [0, 0.05) is 11.5 Å². The van der Waals surface area contributed by atoms with Gasteiger partial charge in [0.2, 0.25) is 0 Å². The van der Waals surface area contributed by atoms with E-state index in [-0.39, 0.29) is 5.78 Å². The first-order chi connectivity index (χ1) is 5.49. The molecule has 0 aliphatic carbocycles. The summed E-state index contributed by atoms with van der Waals surface area (Å²) in [6.45, 7) is 9.18. The molecule has 0 saturated heterocycles. The lowest BCUT2D eigenvalue weighted by Crippen LogP contribution is -1.96. The summed E-state index contributed by atoms with van der Waals surface area (Å²) in [6.07, 6.45) is 1.17. The lowest BCUT2D eigenvalue weighted by atomic mass is 10.0. The van der Waals surface area contributed by atoms with Gasteiger partial charge in [-0.25, -0.2) is 0 Å². The van der Waals surface area contributed by atoms with E-state index < -0.39 is 0 Å². The van der Waals surface area contributed by atoms with Gasteiger partial charge in [-0.3, -0.25) is 4.79 Å². The van der Waals surface area contributed by atoms with Gasteiger partial charge in [-0.05, 0) is 25.8 Å². The van der Waals surface area contributed by atoms with Gasteiger partial charge in [-0.15, -0.1) is 0 Å². The molecule has 0 atom stereocenters. The minimum absolute atomic E-state index is 0.125. The number of ketones is 1. The summed E-state index contributed by atoms with van der Waals surface area (Å²) in [5, 5.41) is 0.748. The third kappa shape index (κ3) is 3.72. The molecule has 0 saturated carbocycles. The van der Waals surface area contributed by atoms with E-state index in [1.54, 1.807) is 6.92 Å². The smallest absolute Gasteiger partial charge is 0.134 e. The molecule has 1 nitrogen and oxygen atoms in total. The summed E-state index contributed by atoms with van der Waals surface area (Å²) in [5.74, 6) is 0.125. The Balaban J connectivity index is 4.66. The molecule has 0 amide bonds. The van der Waals surface area contributed by atoms with Crippen LogP contribution >= 0.6 is 11.6 Å². The Labute approximate surface area is 79.1 Å².